The molecule has 0 bridgehead atoms. The number of benzene rings is 2. The van der Waals surface area contributed by atoms with Crippen LogP contribution in [0.2, 0.25) is 0 Å². The van der Waals surface area contributed by atoms with Crippen LogP contribution in [0.25, 0.3) is 0 Å². The Morgan fingerprint density at radius 2 is 1.48 bits per heavy atom. The molecule has 0 radical (unpaired) electrons. The zero-order valence-corrected chi connectivity index (χ0v) is 15.1. The Kier molecular flexibility index (Phi) is 8.16. The van der Waals surface area contributed by atoms with Gasteiger partial charge < -0.3 is 9.47 Å². The average molecular weight is 341 g/mol. The van der Waals surface area contributed by atoms with Crippen LogP contribution in [0, 0.1) is 0 Å². The lowest BCUT2D eigenvalue weighted by Crippen LogP contribution is -2.30. The Bertz CT molecular complexity index is 574. The predicted octanol–water partition coefficient (Wildman–Crippen LogP) is 3.66. The van der Waals surface area contributed by atoms with Crippen molar-refractivity contribution in [2.75, 3.05) is 20.3 Å². The first-order chi connectivity index (χ1) is 12.2. The fourth-order valence-electron chi connectivity index (χ4n) is 2.54. The first kappa shape index (κ1) is 19.2. The Morgan fingerprint density at radius 3 is 1.96 bits per heavy atom. The van der Waals surface area contributed by atoms with Gasteiger partial charge in [-0.2, -0.15) is 0 Å². The molecule has 0 aliphatic carbocycles. The molecule has 134 valence electrons. The Hall–Kier alpha value is -2.17. The van der Waals surface area contributed by atoms with Crippen LogP contribution in [0.5, 0.6) is 0 Å². The van der Waals surface area contributed by atoms with Crippen LogP contribution in [0.4, 0.5) is 0 Å². The highest BCUT2D eigenvalue weighted by atomic mass is 16.5. The van der Waals surface area contributed by atoms with Crippen molar-refractivity contribution in [2.24, 2.45) is 0 Å². The van der Waals surface area contributed by atoms with E-state index in [2.05, 4.69) is 29.2 Å². The maximum atomic E-state index is 12.2. The van der Waals surface area contributed by atoms with Crippen molar-refractivity contribution in [3.63, 3.8) is 0 Å². The second-order valence-electron chi connectivity index (χ2n) is 6.17. The predicted molar refractivity (Wildman–Crippen MR) is 99.0 cm³/mol. The molecular weight excluding hydrogens is 314 g/mol. The van der Waals surface area contributed by atoms with Gasteiger partial charge in [0.15, 0.2) is 0 Å². The number of hydrogen-bond acceptors (Lipinski definition) is 4. The summed E-state index contributed by atoms with van der Waals surface area (Å²) in [6.45, 7) is 4.03. The summed E-state index contributed by atoms with van der Waals surface area (Å²) in [6.07, 6.45) is 0.803. The van der Waals surface area contributed by atoms with Crippen LogP contribution in [-0.4, -0.2) is 37.2 Å². The van der Waals surface area contributed by atoms with E-state index in [0.717, 1.165) is 0 Å². The van der Waals surface area contributed by atoms with Crippen molar-refractivity contribution in [2.45, 2.75) is 32.5 Å². The minimum atomic E-state index is -0.199. The molecule has 0 aliphatic rings. The molecule has 2 aromatic carbocycles. The van der Waals surface area contributed by atoms with E-state index in [4.69, 9.17) is 9.47 Å². The molecule has 25 heavy (non-hydrogen) atoms. The molecular formula is C21H27NO3. The number of nitrogens with zero attached hydrogens (tertiary/aromatic N) is 1. The lowest BCUT2D eigenvalue weighted by molar-refractivity contribution is -0.146. The summed E-state index contributed by atoms with van der Waals surface area (Å²) in [7, 11) is 1.66. The van der Waals surface area contributed by atoms with E-state index in [1.165, 1.54) is 11.1 Å². The van der Waals surface area contributed by atoms with Crippen molar-refractivity contribution in [1.29, 1.82) is 0 Å². The highest BCUT2D eigenvalue weighted by Crippen LogP contribution is 2.10. The molecule has 0 heterocycles. The number of rotatable bonds is 10. The molecule has 0 amide bonds. The van der Waals surface area contributed by atoms with Gasteiger partial charge in [-0.25, -0.2) is 0 Å². The normalized spacial score (nSPS) is 12.1. The molecule has 0 aliphatic heterocycles. The van der Waals surface area contributed by atoms with E-state index in [0.29, 0.717) is 26.1 Å². The summed E-state index contributed by atoms with van der Waals surface area (Å²) < 4.78 is 10.5. The monoisotopic (exact) mass is 341 g/mol. The van der Waals surface area contributed by atoms with Gasteiger partial charge in [-0.1, -0.05) is 60.7 Å². The minimum Gasteiger partial charge on any atom is -0.465 e. The topological polar surface area (TPSA) is 38.8 Å². The molecule has 0 spiro atoms. The summed E-state index contributed by atoms with van der Waals surface area (Å²) in [4.78, 5) is 14.3. The molecule has 0 fully saturated rings. The number of ether oxygens (including phenoxy) is 2. The first-order valence-electron chi connectivity index (χ1n) is 8.66. The highest BCUT2D eigenvalue weighted by Gasteiger charge is 2.13. The number of methoxy groups -OCH3 is 1. The average Bonchev–Trinajstić information content (AvgIpc) is 2.63. The van der Waals surface area contributed by atoms with Gasteiger partial charge in [0.1, 0.15) is 0 Å². The SMILES string of the molecule is COC(C)CCOC(=O)CN(Cc1ccccc1)Cc1ccccc1. The molecule has 0 aromatic heterocycles. The fourth-order valence-corrected chi connectivity index (χ4v) is 2.54. The summed E-state index contributed by atoms with van der Waals surface area (Å²) in [5, 5.41) is 0. The van der Waals surface area contributed by atoms with E-state index in [9.17, 15) is 4.79 Å². The third-order valence-electron chi connectivity index (χ3n) is 4.04. The Labute approximate surface area is 150 Å². The third-order valence-corrected chi connectivity index (χ3v) is 4.04. The van der Waals surface area contributed by atoms with Crippen LogP contribution in [0.15, 0.2) is 60.7 Å². The third kappa shape index (κ3) is 7.50. The van der Waals surface area contributed by atoms with Crippen LogP contribution in [0.1, 0.15) is 24.5 Å². The lowest BCUT2D eigenvalue weighted by atomic mass is 10.1. The van der Waals surface area contributed by atoms with E-state index < -0.39 is 0 Å². The van der Waals surface area contributed by atoms with Crippen LogP contribution in [-0.2, 0) is 27.4 Å². The van der Waals surface area contributed by atoms with Gasteiger partial charge in [0.25, 0.3) is 0 Å². The summed E-state index contributed by atoms with van der Waals surface area (Å²) in [5.41, 5.74) is 2.36. The molecule has 0 saturated heterocycles. The van der Waals surface area contributed by atoms with Crippen molar-refractivity contribution in [3.8, 4) is 0 Å². The van der Waals surface area contributed by atoms with E-state index in [1.807, 2.05) is 43.3 Å². The number of esters is 1. The highest BCUT2D eigenvalue weighted by molar-refractivity contribution is 5.71. The summed E-state index contributed by atoms with van der Waals surface area (Å²) >= 11 is 0. The summed E-state index contributed by atoms with van der Waals surface area (Å²) in [6, 6.07) is 20.3. The van der Waals surface area contributed by atoms with Crippen molar-refractivity contribution >= 4 is 5.97 Å². The van der Waals surface area contributed by atoms with E-state index in [1.54, 1.807) is 7.11 Å². The van der Waals surface area contributed by atoms with Crippen LogP contribution < -0.4 is 0 Å². The summed E-state index contributed by atoms with van der Waals surface area (Å²) in [5.74, 6) is -0.199. The van der Waals surface area contributed by atoms with Gasteiger partial charge in [0.05, 0.1) is 19.3 Å². The lowest BCUT2D eigenvalue weighted by Gasteiger charge is -2.22. The molecule has 4 heteroatoms. The van der Waals surface area contributed by atoms with Crippen molar-refractivity contribution < 1.29 is 14.3 Å². The van der Waals surface area contributed by atoms with Gasteiger partial charge in [-0.3, -0.25) is 9.69 Å². The second-order valence-corrected chi connectivity index (χ2v) is 6.17. The first-order valence-corrected chi connectivity index (χ1v) is 8.66. The molecule has 2 aromatic rings. The second kappa shape index (κ2) is 10.6. The Balaban J connectivity index is 1.92. The number of carbonyl (C=O) groups is 1. The van der Waals surface area contributed by atoms with E-state index >= 15 is 0 Å². The quantitative estimate of drug-likeness (QED) is 0.618. The van der Waals surface area contributed by atoms with Crippen LogP contribution in [0.3, 0.4) is 0 Å². The van der Waals surface area contributed by atoms with Crippen molar-refractivity contribution in [3.05, 3.63) is 71.8 Å². The zero-order chi connectivity index (χ0) is 17.9. The van der Waals surface area contributed by atoms with Crippen LogP contribution >= 0.6 is 0 Å². The Morgan fingerprint density at radius 1 is 0.960 bits per heavy atom. The molecule has 2 rings (SSSR count). The number of carbonyl (C=O) groups excluding carboxylic acids is 1. The smallest absolute Gasteiger partial charge is 0.320 e. The minimum absolute atomic E-state index is 0.0949. The molecule has 1 atom stereocenters. The van der Waals surface area contributed by atoms with Gasteiger partial charge in [0, 0.05) is 26.6 Å². The van der Waals surface area contributed by atoms with Gasteiger partial charge in [-0.05, 0) is 18.1 Å². The fraction of sp³-hybridized carbons (Fsp3) is 0.381. The van der Waals surface area contributed by atoms with Crippen molar-refractivity contribution in [1.82, 2.24) is 4.90 Å². The maximum Gasteiger partial charge on any atom is 0.320 e. The van der Waals surface area contributed by atoms with Gasteiger partial charge in [0.2, 0.25) is 0 Å². The maximum absolute atomic E-state index is 12.2. The largest absolute Gasteiger partial charge is 0.465 e. The van der Waals surface area contributed by atoms with Gasteiger partial charge >= 0.3 is 5.97 Å². The standard InChI is InChI=1S/C21H27NO3/c1-18(24-2)13-14-25-21(23)17-22(15-19-9-5-3-6-10-19)16-20-11-7-4-8-12-20/h3-12,18H,13-17H2,1-2H3. The molecule has 4 nitrogen and oxygen atoms in total. The van der Waals surface area contributed by atoms with Gasteiger partial charge in [-0.15, -0.1) is 0 Å². The molecule has 1 unspecified atom stereocenters. The van der Waals surface area contributed by atoms with E-state index in [-0.39, 0.29) is 18.6 Å². The molecule has 0 saturated carbocycles. The zero-order valence-electron chi connectivity index (χ0n) is 15.1. The molecule has 0 N–H and O–H groups in total. The number of hydrogen-bond donors (Lipinski definition) is 0.